The molecule has 0 unspecified atom stereocenters. The highest BCUT2D eigenvalue weighted by Gasteiger charge is 2.32. The molecule has 38 heavy (non-hydrogen) atoms. The Balaban J connectivity index is 1.31. The Bertz CT molecular complexity index is 1510. The minimum atomic E-state index is -0.648. The van der Waals surface area contributed by atoms with Gasteiger partial charge in [-0.1, -0.05) is 0 Å². The summed E-state index contributed by atoms with van der Waals surface area (Å²) in [6.45, 7) is 3.68. The largest absolute Gasteiger partial charge is 0.373 e. The standard InChI is InChI=1S/C28H31F2N7O/c1-16-4-3-10-36(16)28-34-27-25(35(28)2)24(21-8-5-19(29)13-22(21)30)32-26(33-27)17-9-11-38-23(12-17)18-14-31-37(15-18)20-6-7-20/h5,8,13-17,20,23H,3-4,6-7,9-12H2,1-2H3/t16-,17-,23+/m0/s1. The normalized spacial score (nSPS) is 24.0. The zero-order valence-corrected chi connectivity index (χ0v) is 21.6. The highest BCUT2D eigenvalue weighted by molar-refractivity contribution is 5.89. The van der Waals surface area contributed by atoms with Crippen LogP contribution in [0.5, 0.6) is 0 Å². The van der Waals surface area contributed by atoms with E-state index in [-0.39, 0.29) is 17.6 Å². The van der Waals surface area contributed by atoms with Gasteiger partial charge >= 0.3 is 0 Å². The molecule has 5 heterocycles. The van der Waals surface area contributed by atoms with Crippen molar-refractivity contribution in [3.63, 3.8) is 0 Å². The Morgan fingerprint density at radius 2 is 1.92 bits per heavy atom. The molecule has 0 amide bonds. The first-order valence-corrected chi connectivity index (χ1v) is 13.6. The van der Waals surface area contributed by atoms with E-state index in [1.54, 1.807) is 0 Å². The summed E-state index contributed by atoms with van der Waals surface area (Å²) in [6.07, 6.45) is 9.90. The molecule has 2 saturated heterocycles. The number of hydrogen-bond donors (Lipinski definition) is 0. The second-order valence-electron chi connectivity index (χ2n) is 10.9. The lowest BCUT2D eigenvalue weighted by atomic mass is 9.92. The summed E-state index contributed by atoms with van der Waals surface area (Å²) in [7, 11) is 1.92. The lowest BCUT2D eigenvalue weighted by molar-refractivity contribution is 0.00396. The summed E-state index contributed by atoms with van der Waals surface area (Å²) in [4.78, 5) is 17.1. The fourth-order valence-corrected chi connectivity index (χ4v) is 5.98. The first kappa shape index (κ1) is 23.7. The van der Waals surface area contributed by atoms with Gasteiger partial charge in [0.05, 0.1) is 18.3 Å². The first-order chi connectivity index (χ1) is 18.5. The van der Waals surface area contributed by atoms with Gasteiger partial charge in [-0.3, -0.25) is 4.68 Å². The maximum absolute atomic E-state index is 15.1. The zero-order chi connectivity index (χ0) is 26.0. The van der Waals surface area contributed by atoms with Gasteiger partial charge in [0.2, 0.25) is 5.95 Å². The van der Waals surface area contributed by atoms with E-state index in [2.05, 4.69) is 23.1 Å². The summed E-state index contributed by atoms with van der Waals surface area (Å²) in [6, 6.07) is 4.51. The highest BCUT2D eigenvalue weighted by Crippen LogP contribution is 2.40. The molecule has 1 saturated carbocycles. The van der Waals surface area contributed by atoms with E-state index >= 15 is 4.39 Å². The van der Waals surface area contributed by atoms with Crippen LogP contribution in [0.15, 0.2) is 30.6 Å². The number of nitrogens with zero attached hydrogens (tertiary/aromatic N) is 7. The third-order valence-electron chi connectivity index (χ3n) is 8.28. The van der Waals surface area contributed by atoms with Crippen molar-refractivity contribution in [1.29, 1.82) is 0 Å². The van der Waals surface area contributed by atoms with Crippen molar-refractivity contribution in [1.82, 2.24) is 29.3 Å². The van der Waals surface area contributed by atoms with Crippen LogP contribution < -0.4 is 4.90 Å². The van der Waals surface area contributed by atoms with E-state index in [0.717, 1.165) is 43.4 Å². The Kier molecular flexibility index (Phi) is 5.68. The molecule has 7 rings (SSSR count). The minimum absolute atomic E-state index is 0.0147. The Morgan fingerprint density at radius 1 is 1.05 bits per heavy atom. The van der Waals surface area contributed by atoms with Crippen molar-refractivity contribution in [3.8, 4) is 11.3 Å². The van der Waals surface area contributed by atoms with Crippen LogP contribution in [0.2, 0.25) is 0 Å². The Morgan fingerprint density at radius 3 is 2.68 bits per heavy atom. The van der Waals surface area contributed by atoms with Gasteiger partial charge in [-0.05, 0) is 57.6 Å². The van der Waals surface area contributed by atoms with Gasteiger partial charge in [-0.25, -0.2) is 18.7 Å². The number of ether oxygens (including phenoxy) is 1. The molecule has 0 bridgehead atoms. The summed E-state index contributed by atoms with van der Waals surface area (Å²) in [5.41, 5.74) is 2.95. The van der Waals surface area contributed by atoms with Crippen LogP contribution >= 0.6 is 0 Å². The summed E-state index contributed by atoms with van der Waals surface area (Å²) >= 11 is 0. The molecule has 3 atom stereocenters. The van der Waals surface area contributed by atoms with Crippen molar-refractivity contribution >= 4 is 17.1 Å². The highest BCUT2D eigenvalue weighted by atomic mass is 19.1. The number of fused-ring (bicyclic) bond motifs is 1. The topological polar surface area (TPSA) is 73.9 Å². The second kappa shape index (κ2) is 9.11. The van der Waals surface area contributed by atoms with Crippen LogP contribution in [0.25, 0.3) is 22.4 Å². The number of rotatable bonds is 5. The smallest absolute Gasteiger partial charge is 0.208 e. The van der Waals surface area contributed by atoms with Crippen LogP contribution in [-0.4, -0.2) is 48.5 Å². The number of aromatic nitrogens is 6. The molecule has 1 aromatic carbocycles. The van der Waals surface area contributed by atoms with Crippen molar-refractivity contribution in [2.24, 2.45) is 7.05 Å². The van der Waals surface area contributed by atoms with Gasteiger partial charge in [-0.15, -0.1) is 0 Å². The molecule has 198 valence electrons. The fraction of sp³-hybridized carbons (Fsp3) is 0.500. The van der Waals surface area contributed by atoms with Crippen LogP contribution in [0.4, 0.5) is 14.7 Å². The van der Waals surface area contributed by atoms with Crippen LogP contribution in [0.3, 0.4) is 0 Å². The zero-order valence-electron chi connectivity index (χ0n) is 21.6. The van der Waals surface area contributed by atoms with Crippen LogP contribution in [-0.2, 0) is 11.8 Å². The van der Waals surface area contributed by atoms with Crippen LogP contribution in [0, 0.1) is 11.6 Å². The molecular weight excluding hydrogens is 488 g/mol. The molecule has 3 fully saturated rings. The molecule has 2 aliphatic heterocycles. The Hall–Kier alpha value is -3.40. The number of anilines is 1. The third kappa shape index (κ3) is 4.05. The van der Waals surface area contributed by atoms with E-state index in [1.165, 1.54) is 25.0 Å². The van der Waals surface area contributed by atoms with E-state index in [4.69, 9.17) is 19.7 Å². The summed E-state index contributed by atoms with van der Waals surface area (Å²) in [5.74, 6) is 0.176. The average molecular weight is 520 g/mol. The van der Waals surface area contributed by atoms with E-state index in [1.807, 2.05) is 22.5 Å². The van der Waals surface area contributed by atoms with E-state index < -0.39 is 11.6 Å². The van der Waals surface area contributed by atoms with E-state index in [0.29, 0.717) is 47.8 Å². The fourth-order valence-electron chi connectivity index (χ4n) is 5.98. The summed E-state index contributed by atoms with van der Waals surface area (Å²) < 4.78 is 39.1. The number of aryl methyl sites for hydroxylation is 1. The first-order valence-electron chi connectivity index (χ1n) is 13.6. The number of benzene rings is 1. The van der Waals surface area contributed by atoms with Crippen molar-refractivity contribution in [3.05, 3.63) is 53.6 Å². The lowest BCUT2D eigenvalue weighted by Gasteiger charge is -2.28. The van der Waals surface area contributed by atoms with Gasteiger partial charge in [0.25, 0.3) is 0 Å². The molecule has 8 nitrogen and oxygen atoms in total. The predicted molar refractivity (Wildman–Crippen MR) is 139 cm³/mol. The lowest BCUT2D eigenvalue weighted by Crippen LogP contribution is -2.28. The number of imidazole rings is 1. The summed E-state index contributed by atoms with van der Waals surface area (Å²) in [5, 5.41) is 4.53. The monoisotopic (exact) mass is 519 g/mol. The molecule has 3 aromatic heterocycles. The van der Waals surface area contributed by atoms with Gasteiger partial charge in [0.1, 0.15) is 28.7 Å². The molecule has 0 spiro atoms. The van der Waals surface area contributed by atoms with Crippen molar-refractivity contribution < 1.29 is 13.5 Å². The minimum Gasteiger partial charge on any atom is -0.373 e. The second-order valence-corrected chi connectivity index (χ2v) is 10.9. The number of halogens is 2. The molecule has 4 aromatic rings. The maximum Gasteiger partial charge on any atom is 0.208 e. The van der Waals surface area contributed by atoms with Gasteiger partial charge in [0.15, 0.2) is 5.65 Å². The third-order valence-corrected chi connectivity index (χ3v) is 8.28. The van der Waals surface area contributed by atoms with Crippen LogP contribution in [0.1, 0.15) is 74.9 Å². The number of hydrogen-bond acceptors (Lipinski definition) is 6. The van der Waals surface area contributed by atoms with Crippen molar-refractivity contribution in [2.45, 2.75) is 69.6 Å². The van der Waals surface area contributed by atoms with Gasteiger partial charge < -0.3 is 14.2 Å². The van der Waals surface area contributed by atoms with Gasteiger partial charge in [0, 0.05) is 55.5 Å². The Labute approximate surface area is 219 Å². The SMILES string of the molecule is C[C@H]1CCCN1c1nc2nc([C@H]3CCO[C@@H](c4cnn(C5CC5)c4)C3)nc(-c3ccc(F)cc3F)c2n1C. The molecule has 10 heteroatoms. The predicted octanol–water partition coefficient (Wildman–Crippen LogP) is 5.46. The molecular formula is C28H31F2N7O. The molecule has 3 aliphatic rings. The van der Waals surface area contributed by atoms with E-state index in [9.17, 15) is 4.39 Å². The molecule has 0 radical (unpaired) electrons. The molecule has 1 aliphatic carbocycles. The average Bonchev–Trinajstić information content (AvgIpc) is 3.33. The quantitative estimate of drug-likeness (QED) is 0.349. The maximum atomic E-state index is 15.1. The molecule has 0 N–H and O–H groups in total. The van der Waals surface area contributed by atoms with Crippen molar-refractivity contribution in [2.75, 3.05) is 18.1 Å². The van der Waals surface area contributed by atoms with Gasteiger partial charge in [-0.2, -0.15) is 10.1 Å².